The molecule has 2 aromatic rings. The molecule has 0 aliphatic heterocycles. The lowest BCUT2D eigenvalue weighted by Gasteiger charge is -2.24. The van der Waals surface area contributed by atoms with Gasteiger partial charge in [0, 0.05) is 24.3 Å². The lowest BCUT2D eigenvalue weighted by molar-refractivity contribution is 0.182. The Labute approximate surface area is 141 Å². The van der Waals surface area contributed by atoms with Crippen molar-refractivity contribution in [2.75, 3.05) is 11.9 Å². The predicted octanol–water partition coefficient (Wildman–Crippen LogP) is 2.33. The molecule has 1 saturated carbocycles. The smallest absolute Gasteiger partial charge is 0.319 e. The molecule has 3 N–H and O–H groups in total. The number of nitrogens with one attached hydrogen (secondary N) is 2. The Morgan fingerprint density at radius 2 is 2.00 bits per heavy atom. The summed E-state index contributed by atoms with van der Waals surface area (Å²) < 4.78 is 1.65. The second kappa shape index (κ2) is 7.92. The van der Waals surface area contributed by atoms with Crippen molar-refractivity contribution < 1.29 is 9.90 Å². The fraction of sp³-hybridized carbons (Fsp3) is 0.471. The molecule has 2 unspecified atom stereocenters. The van der Waals surface area contributed by atoms with Crippen molar-refractivity contribution in [3.8, 4) is 5.69 Å². The van der Waals surface area contributed by atoms with Crippen LogP contribution in [0.25, 0.3) is 5.69 Å². The van der Waals surface area contributed by atoms with Crippen molar-refractivity contribution in [1.82, 2.24) is 20.3 Å². The second-order valence-corrected chi connectivity index (χ2v) is 6.18. The van der Waals surface area contributed by atoms with Gasteiger partial charge in [-0.3, -0.25) is 0 Å². The molecule has 0 radical (unpaired) electrons. The van der Waals surface area contributed by atoms with Crippen LogP contribution in [0.5, 0.6) is 0 Å². The maximum absolute atomic E-state index is 12.2. The molecule has 24 heavy (non-hydrogen) atoms. The number of aliphatic hydroxyl groups excluding tert-OH is 1. The third-order valence-corrected chi connectivity index (χ3v) is 4.52. The van der Waals surface area contributed by atoms with Gasteiger partial charge in [0.25, 0.3) is 0 Å². The maximum Gasteiger partial charge on any atom is 0.319 e. The van der Waals surface area contributed by atoms with Crippen molar-refractivity contribution in [3.05, 3.63) is 36.7 Å². The molecule has 7 heteroatoms. The molecule has 2 amide bonds. The first-order valence-corrected chi connectivity index (χ1v) is 8.41. The van der Waals surface area contributed by atoms with Crippen LogP contribution in [0.4, 0.5) is 10.5 Å². The molecule has 2 atom stereocenters. The Morgan fingerprint density at radius 1 is 1.21 bits per heavy atom. The molecule has 1 fully saturated rings. The van der Waals surface area contributed by atoms with Gasteiger partial charge < -0.3 is 15.7 Å². The van der Waals surface area contributed by atoms with E-state index in [0.29, 0.717) is 5.69 Å². The molecule has 1 heterocycles. The molecule has 1 aliphatic carbocycles. The zero-order valence-corrected chi connectivity index (χ0v) is 13.6. The highest BCUT2D eigenvalue weighted by atomic mass is 16.3. The number of hydrogen-bond acceptors (Lipinski definition) is 4. The van der Waals surface area contributed by atoms with Gasteiger partial charge in [-0.2, -0.15) is 0 Å². The van der Waals surface area contributed by atoms with Crippen LogP contribution in [0.1, 0.15) is 32.1 Å². The largest absolute Gasteiger partial charge is 0.396 e. The number of carbonyl (C=O) groups excluding carboxylic acids is 1. The Morgan fingerprint density at radius 3 is 2.71 bits per heavy atom. The molecular weight excluding hydrogens is 306 g/mol. The Balaban J connectivity index is 1.58. The zero-order chi connectivity index (χ0) is 16.8. The van der Waals surface area contributed by atoms with Crippen LogP contribution in [0.15, 0.2) is 36.7 Å². The van der Waals surface area contributed by atoms with E-state index in [1.807, 2.05) is 24.3 Å². The van der Waals surface area contributed by atoms with Gasteiger partial charge in [0.05, 0.1) is 18.1 Å². The summed E-state index contributed by atoms with van der Waals surface area (Å²) in [6.45, 7) is 0.123. The predicted molar refractivity (Wildman–Crippen MR) is 91.0 cm³/mol. The molecule has 128 valence electrons. The number of hydrogen-bond donors (Lipinski definition) is 3. The molecule has 7 nitrogen and oxygen atoms in total. The van der Waals surface area contributed by atoms with E-state index in [0.717, 1.165) is 31.4 Å². The minimum atomic E-state index is -0.228. The van der Waals surface area contributed by atoms with Gasteiger partial charge in [-0.25, -0.2) is 9.48 Å². The molecule has 1 aliphatic rings. The average Bonchev–Trinajstić information content (AvgIpc) is 3.03. The summed E-state index contributed by atoms with van der Waals surface area (Å²) in [5, 5.41) is 23.1. The Bertz CT molecular complexity index is 642. The molecule has 0 saturated heterocycles. The van der Waals surface area contributed by atoms with Gasteiger partial charge in [-0.15, -0.1) is 5.10 Å². The van der Waals surface area contributed by atoms with Crippen molar-refractivity contribution >= 4 is 11.7 Å². The van der Waals surface area contributed by atoms with E-state index in [2.05, 4.69) is 20.9 Å². The van der Waals surface area contributed by atoms with Crippen LogP contribution in [-0.2, 0) is 0 Å². The van der Waals surface area contributed by atoms with Gasteiger partial charge in [-0.05, 0) is 37.1 Å². The van der Waals surface area contributed by atoms with Crippen molar-refractivity contribution in [2.45, 2.75) is 38.1 Å². The number of aliphatic hydroxyl groups is 1. The highest BCUT2D eigenvalue weighted by Crippen LogP contribution is 2.23. The first kappa shape index (κ1) is 16.4. The van der Waals surface area contributed by atoms with E-state index in [-0.39, 0.29) is 24.6 Å². The maximum atomic E-state index is 12.2. The molecule has 3 rings (SSSR count). The van der Waals surface area contributed by atoms with Crippen LogP contribution in [0.2, 0.25) is 0 Å². The third kappa shape index (κ3) is 4.11. The molecular formula is C17H23N5O2. The van der Waals surface area contributed by atoms with Crippen LogP contribution in [-0.4, -0.2) is 38.8 Å². The molecule has 0 bridgehead atoms. The van der Waals surface area contributed by atoms with Gasteiger partial charge >= 0.3 is 6.03 Å². The van der Waals surface area contributed by atoms with Crippen LogP contribution >= 0.6 is 0 Å². The summed E-state index contributed by atoms with van der Waals surface area (Å²) in [6.07, 6.45) is 8.64. The first-order chi connectivity index (χ1) is 11.8. The average molecular weight is 329 g/mol. The number of rotatable bonds is 4. The van der Waals surface area contributed by atoms with E-state index < -0.39 is 0 Å². The normalized spacial score (nSPS) is 21.0. The molecule has 0 spiro atoms. The van der Waals surface area contributed by atoms with Gasteiger partial charge in [0.2, 0.25) is 0 Å². The zero-order valence-electron chi connectivity index (χ0n) is 13.6. The summed E-state index contributed by atoms with van der Waals surface area (Å²) in [4.78, 5) is 12.2. The topological polar surface area (TPSA) is 92.1 Å². The van der Waals surface area contributed by atoms with E-state index in [4.69, 9.17) is 0 Å². The Hall–Kier alpha value is -2.41. The summed E-state index contributed by atoms with van der Waals surface area (Å²) in [6, 6.07) is 7.19. The monoisotopic (exact) mass is 329 g/mol. The highest BCUT2D eigenvalue weighted by Gasteiger charge is 2.24. The van der Waals surface area contributed by atoms with Crippen molar-refractivity contribution in [1.29, 1.82) is 0 Å². The quantitative estimate of drug-likeness (QED) is 0.751. The summed E-state index contributed by atoms with van der Waals surface area (Å²) in [5.74, 6) is 0.146. The van der Waals surface area contributed by atoms with E-state index in [9.17, 15) is 9.90 Å². The van der Waals surface area contributed by atoms with Crippen molar-refractivity contribution in [2.24, 2.45) is 5.92 Å². The summed E-state index contributed by atoms with van der Waals surface area (Å²) in [5.41, 5.74) is 1.59. The van der Waals surface area contributed by atoms with Crippen molar-refractivity contribution in [3.63, 3.8) is 0 Å². The second-order valence-electron chi connectivity index (χ2n) is 6.18. The molecule has 1 aromatic carbocycles. The third-order valence-electron chi connectivity index (χ3n) is 4.52. The van der Waals surface area contributed by atoms with Crippen LogP contribution in [0, 0.1) is 5.92 Å². The van der Waals surface area contributed by atoms with E-state index in [1.54, 1.807) is 17.1 Å². The van der Waals surface area contributed by atoms with Gasteiger partial charge in [-0.1, -0.05) is 24.5 Å². The summed E-state index contributed by atoms with van der Waals surface area (Å²) >= 11 is 0. The standard InChI is InChI=1S/C17H23N5O2/c23-12-13-4-2-1-3-5-16(13)20-17(24)19-14-6-8-15(9-7-14)22-11-10-18-21-22/h6-11,13,16,23H,1-5,12H2,(H2,19,20,24). The number of benzene rings is 1. The minimum absolute atomic E-state index is 0.0342. The lowest BCUT2D eigenvalue weighted by atomic mass is 9.96. The number of urea groups is 1. The van der Waals surface area contributed by atoms with E-state index >= 15 is 0 Å². The van der Waals surface area contributed by atoms with Crippen LogP contribution < -0.4 is 10.6 Å². The lowest BCUT2D eigenvalue weighted by Crippen LogP contribution is -2.43. The highest BCUT2D eigenvalue weighted by molar-refractivity contribution is 5.89. The fourth-order valence-corrected chi connectivity index (χ4v) is 3.17. The van der Waals surface area contributed by atoms with Gasteiger partial charge in [0.15, 0.2) is 0 Å². The van der Waals surface area contributed by atoms with Gasteiger partial charge in [0.1, 0.15) is 0 Å². The number of anilines is 1. The van der Waals surface area contributed by atoms with E-state index in [1.165, 1.54) is 6.42 Å². The number of nitrogens with zero attached hydrogens (tertiary/aromatic N) is 3. The SMILES string of the molecule is O=C(Nc1ccc(-n2ccnn2)cc1)NC1CCCCCC1CO. The number of carbonyl (C=O) groups is 1. The summed E-state index contributed by atoms with van der Waals surface area (Å²) in [7, 11) is 0. The number of aromatic nitrogens is 3. The number of amides is 2. The molecule has 1 aromatic heterocycles. The minimum Gasteiger partial charge on any atom is -0.396 e. The first-order valence-electron chi connectivity index (χ1n) is 8.41. The van der Waals surface area contributed by atoms with Crippen LogP contribution in [0.3, 0.4) is 0 Å². The Kier molecular flexibility index (Phi) is 5.43. The fourth-order valence-electron chi connectivity index (χ4n) is 3.17.